The van der Waals surface area contributed by atoms with Gasteiger partial charge < -0.3 is 5.73 Å². The third-order valence-electron chi connectivity index (χ3n) is 4.00. The normalized spacial score (nSPS) is 11.2. The first-order valence-electron chi connectivity index (χ1n) is 7.27. The van der Waals surface area contributed by atoms with E-state index in [1.165, 1.54) is 4.57 Å². The molecule has 0 radical (unpaired) electrons. The SMILES string of the molecule is Cn1c(N)nc2c(-c3ccccc3)nc3ccccc3c2c1=O. The minimum absolute atomic E-state index is 0.164. The van der Waals surface area contributed by atoms with E-state index in [0.29, 0.717) is 16.6 Å². The molecule has 2 heterocycles. The average Bonchev–Trinajstić information content (AvgIpc) is 2.59. The minimum atomic E-state index is -0.164. The summed E-state index contributed by atoms with van der Waals surface area (Å²) in [5, 5.41) is 1.33. The zero-order valence-electron chi connectivity index (χ0n) is 12.5. The molecule has 2 N–H and O–H groups in total. The summed E-state index contributed by atoms with van der Waals surface area (Å²) in [4.78, 5) is 21.9. The number of anilines is 1. The number of nitrogens with zero attached hydrogens (tertiary/aromatic N) is 3. The van der Waals surface area contributed by atoms with Gasteiger partial charge in [-0.3, -0.25) is 9.36 Å². The second-order valence-electron chi connectivity index (χ2n) is 5.40. The second-order valence-corrected chi connectivity index (χ2v) is 5.40. The summed E-state index contributed by atoms with van der Waals surface area (Å²) in [6.45, 7) is 0. The summed E-state index contributed by atoms with van der Waals surface area (Å²) >= 11 is 0. The number of benzene rings is 2. The fourth-order valence-electron chi connectivity index (χ4n) is 2.79. The number of nitrogen functional groups attached to an aromatic ring is 1. The van der Waals surface area contributed by atoms with Gasteiger partial charge in [-0.25, -0.2) is 9.97 Å². The van der Waals surface area contributed by atoms with Gasteiger partial charge in [-0.05, 0) is 6.07 Å². The van der Waals surface area contributed by atoms with E-state index in [2.05, 4.69) is 4.98 Å². The van der Waals surface area contributed by atoms with Crippen LogP contribution in [0.4, 0.5) is 5.95 Å². The van der Waals surface area contributed by atoms with Crippen LogP contribution in [0.5, 0.6) is 0 Å². The molecule has 0 saturated heterocycles. The molecule has 0 saturated carbocycles. The van der Waals surface area contributed by atoms with Crippen molar-refractivity contribution in [3.63, 3.8) is 0 Å². The molecule has 23 heavy (non-hydrogen) atoms. The van der Waals surface area contributed by atoms with E-state index in [9.17, 15) is 4.79 Å². The van der Waals surface area contributed by atoms with Crippen LogP contribution in [0.2, 0.25) is 0 Å². The highest BCUT2D eigenvalue weighted by atomic mass is 16.1. The summed E-state index contributed by atoms with van der Waals surface area (Å²) in [6, 6.07) is 17.3. The molecule has 0 atom stereocenters. The Morgan fingerprint density at radius 1 is 0.957 bits per heavy atom. The molecule has 2 aromatic heterocycles. The van der Waals surface area contributed by atoms with Crippen LogP contribution in [0.1, 0.15) is 0 Å². The van der Waals surface area contributed by atoms with Crippen LogP contribution in [0.25, 0.3) is 33.1 Å². The van der Waals surface area contributed by atoms with Crippen molar-refractivity contribution >= 4 is 27.8 Å². The van der Waals surface area contributed by atoms with Gasteiger partial charge in [-0.15, -0.1) is 0 Å². The van der Waals surface area contributed by atoms with E-state index in [0.717, 1.165) is 16.5 Å². The van der Waals surface area contributed by atoms with Crippen molar-refractivity contribution in [3.05, 3.63) is 65.0 Å². The lowest BCUT2D eigenvalue weighted by atomic mass is 10.0. The van der Waals surface area contributed by atoms with Gasteiger partial charge in [0.15, 0.2) is 0 Å². The first-order valence-corrected chi connectivity index (χ1v) is 7.27. The summed E-state index contributed by atoms with van der Waals surface area (Å²) < 4.78 is 1.36. The van der Waals surface area contributed by atoms with Crippen LogP contribution < -0.4 is 11.3 Å². The van der Waals surface area contributed by atoms with Crippen molar-refractivity contribution in [3.8, 4) is 11.3 Å². The minimum Gasteiger partial charge on any atom is -0.369 e. The lowest BCUT2D eigenvalue weighted by molar-refractivity contribution is 0.862. The molecule has 0 aliphatic heterocycles. The largest absolute Gasteiger partial charge is 0.369 e. The number of rotatable bonds is 1. The third-order valence-corrected chi connectivity index (χ3v) is 4.00. The molecular weight excluding hydrogens is 288 g/mol. The number of para-hydroxylation sites is 1. The molecule has 0 spiro atoms. The predicted octanol–water partition coefficient (Wildman–Crippen LogP) is 2.73. The summed E-state index contributed by atoms with van der Waals surface area (Å²) in [5.41, 5.74) is 8.62. The van der Waals surface area contributed by atoms with Gasteiger partial charge in [-0.1, -0.05) is 48.5 Å². The van der Waals surface area contributed by atoms with Gasteiger partial charge >= 0.3 is 0 Å². The van der Waals surface area contributed by atoms with Gasteiger partial charge in [0.2, 0.25) is 5.95 Å². The topological polar surface area (TPSA) is 73.8 Å². The highest BCUT2D eigenvalue weighted by Gasteiger charge is 2.16. The van der Waals surface area contributed by atoms with Gasteiger partial charge in [0.05, 0.1) is 16.6 Å². The number of hydrogen-bond donors (Lipinski definition) is 1. The fourth-order valence-corrected chi connectivity index (χ4v) is 2.79. The lowest BCUT2D eigenvalue weighted by Gasteiger charge is -2.11. The Bertz CT molecular complexity index is 1100. The Balaban J connectivity index is 2.29. The van der Waals surface area contributed by atoms with E-state index in [1.54, 1.807) is 7.05 Å². The molecule has 0 unspecified atom stereocenters. The molecule has 0 fully saturated rings. The Morgan fingerprint density at radius 2 is 1.65 bits per heavy atom. The molecule has 4 aromatic rings. The summed E-state index contributed by atoms with van der Waals surface area (Å²) in [5.74, 6) is 0.178. The van der Waals surface area contributed by atoms with Crippen LogP contribution in [-0.4, -0.2) is 14.5 Å². The summed E-state index contributed by atoms with van der Waals surface area (Å²) in [6.07, 6.45) is 0. The maximum Gasteiger partial charge on any atom is 0.263 e. The van der Waals surface area contributed by atoms with Crippen molar-refractivity contribution in [2.45, 2.75) is 0 Å². The van der Waals surface area contributed by atoms with Gasteiger partial charge in [-0.2, -0.15) is 0 Å². The monoisotopic (exact) mass is 302 g/mol. The number of hydrogen-bond acceptors (Lipinski definition) is 4. The number of fused-ring (bicyclic) bond motifs is 3. The molecular formula is C18H14N4O. The van der Waals surface area contributed by atoms with Crippen molar-refractivity contribution in [2.75, 3.05) is 5.73 Å². The van der Waals surface area contributed by atoms with Crippen molar-refractivity contribution in [1.29, 1.82) is 0 Å². The molecule has 0 aliphatic carbocycles. The quantitative estimate of drug-likeness (QED) is 0.549. The molecule has 0 amide bonds. The Labute approximate surface area is 132 Å². The van der Waals surface area contributed by atoms with Gasteiger partial charge in [0.1, 0.15) is 5.52 Å². The van der Waals surface area contributed by atoms with Crippen LogP contribution in [0, 0.1) is 0 Å². The first-order chi connectivity index (χ1) is 11.2. The predicted molar refractivity (Wildman–Crippen MR) is 92.1 cm³/mol. The summed E-state index contributed by atoms with van der Waals surface area (Å²) in [7, 11) is 1.63. The zero-order chi connectivity index (χ0) is 16.0. The zero-order valence-corrected chi connectivity index (χ0v) is 12.5. The van der Waals surface area contributed by atoms with E-state index in [-0.39, 0.29) is 11.5 Å². The fraction of sp³-hybridized carbons (Fsp3) is 0.0556. The highest BCUT2D eigenvalue weighted by molar-refractivity contribution is 6.09. The third kappa shape index (κ3) is 1.97. The van der Waals surface area contributed by atoms with Crippen LogP contribution in [0.15, 0.2) is 59.4 Å². The maximum absolute atomic E-state index is 12.8. The van der Waals surface area contributed by atoms with Crippen molar-refractivity contribution in [1.82, 2.24) is 14.5 Å². The smallest absolute Gasteiger partial charge is 0.263 e. The van der Waals surface area contributed by atoms with Crippen LogP contribution in [0.3, 0.4) is 0 Å². The Hall–Kier alpha value is -3.21. The average molecular weight is 302 g/mol. The molecule has 0 bridgehead atoms. The second kappa shape index (κ2) is 4.91. The van der Waals surface area contributed by atoms with E-state index in [1.807, 2.05) is 54.6 Å². The standard InChI is InChI=1S/C18H14N4O/c1-22-17(23)14-12-9-5-6-10-13(12)20-15(16(14)21-18(22)19)11-7-3-2-4-8-11/h2-10H,1H3,(H2,19,21). The van der Waals surface area contributed by atoms with Crippen LogP contribution >= 0.6 is 0 Å². The molecule has 112 valence electrons. The Kier molecular flexibility index (Phi) is 2.87. The van der Waals surface area contributed by atoms with Crippen molar-refractivity contribution < 1.29 is 0 Å². The van der Waals surface area contributed by atoms with Crippen LogP contribution in [-0.2, 0) is 7.05 Å². The van der Waals surface area contributed by atoms with E-state index >= 15 is 0 Å². The molecule has 5 heteroatoms. The number of aromatic nitrogens is 3. The number of nitrogens with two attached hydrogens (primary N) is 1. The molecule has 4 rings (SSSR count). The van der Waals surface area contributed by atoms with E-state index < -0.39 is 0 Å². The Morgan fingerprint density at radius 3 is 2.43 bits per heavy atom. The maximum atomic E-state index is 12.8. The van der Waals surface area contributed by atoms with Gasteiger partial charge in [0.25, 0.3) is 5.56 Å². The number of pyridine rings is 1. The van der Waals surface area contributed by atoms with Crippen molar-refractivity contribution in [2.24, 2.45) is 7.05 Å². The molecule has 0 aliphatic rings. The molecule has 2 aromatic carbocycles. The van der Waals surface area contributed by atoms with Gasteiger partial charge in [0, 0.05) is 18.0 Å². The first kappa shape index (κ1) is 13.5. The molecule has 5 nitrogen and oxygen atoms in total. The van der Waals surface area contributed by atoms with E-state index in [4.69, 9.17) is 10.7 Å². The highest BCUT2D eigenvalue weighted by Crippen LogP contribution is 2.29. The lowest BCUT2D eigenvalue weighted by Crippen LogP contribution is -2.22.